The second-order valence-electron chi connectivity index (χ2n) is 20.7. The van der Waals surface area contributed by atoms with Gasteiger partial charge in [-0.25, -0.2) is 19.6 Å². The minimum absolute atomic E-state index is 0.0175. The topological polar surface area (TPSA) is 192 Å². The Bertz CT molecular complexity index is 3150. The average molecular weight is 1130 g/mol. The molecule has 394 valence electrons. The van der Waals surface area contributed by atoms with E-state index in [-0.39, 0.29) is 29.3 Å². The summed E-state index contributed by atoms with van der Waals surface area (Å²) in [6, 6.07) is 32.2. The minimum atomic E-state index is -0.934. The van der Waals surface area contributed by atoms with Crippen LogP contribution in [-0.4, -0.2) is 71.0 Å². The molecule has 2 unspecified atom stereocenters. The highest BCUT2D eigenvalue weighted by Crippen LogP contribution is 2.29. The molecule has 0 aliphatic carbocycles. The van der Waals surface area contributed by atoms with E-state index in [0.29, 0.717) is 11.4 Å². The van der Waals surface area contributed by atoms with Gasteiger partial charge >= 0.3 is 12.2 Å². The molecule has 16 nitrogen and oxygen atoms in total. The van der Waals surface area contributed by atoms with Crippen molar-refractivity contribution in [2.75, 3.05) is 10.6 Å². The Kier molecular flexibility index (Phi) is 18.7. The lowest BCUT2D eigenvalue weighted by atomic mass is 9.90. The van der Waals surface area contributed by atoms with Crippen molar-refractivity contribution in [3.05, 3.63) is 165 Å². The highest BCUT2D eigenvalue weighted by Gasteiger charge is 2.32. The third-order valence-electron chi connectivity index (χ3n) is 12.1. The standard InChI is InChI=1S/C33H39N5O4.C25H29IN4O3/c1-21(2)38-19-26(13-16-29(38)39)25-10-8-9-24(17-25)22(3)30(36-32(41)42-33(4,5)6)31(40)35-27-14-11-23(12-15-27)28-18-34-20-37(28)7;1-16(18-7-6-8-19(26)13-18)22(29-24(32)33-25(2,3)4)23(31)28-20-11-9-17(10-12-20)21-14-27-15-30(21)5/h8-22,30H,1-7H3,(H,35,40)(H,36,41);6-16,22H,1-5H3,(H,28,31)(H,29,32)/t22?,30-;16?,22-/m00/s1. The lowest BCUT2D eigenvalue weighted by Gasteiger charge is -2.27. The number of hydrogen-bond acceptors (Lipinski definition) is 9. The van der Waals surface area contributed by atoms with Gasteiger partial charge in [-0.2, -0.15) is 0 Å². The minimum Gasteiger partial charge on any atom is -0.444 e. The molecule has 7 rings (SSSR count). The van der Waals surface area contributed by atoms with Crippen molar-refractivity contribution in [3.8, 4) is 33.6 Å². The van der Waals surface area contributed by atoms with Gasteiger partial charge in [-0.3, -0.25) is 14.4 Å². The summed E-state index contributed by atoms with van der Waals surface area (Å²) >= 11 is 2.23. The van der Waals surface area contributed by atoms with Crippen LogP contribution in [0.1, 0.15) is 98.2 Å². The van der Waals surface area contributed by atoms with Gasteiger partial charge in [-0.05, 0) is 154 Å². The van der Waals surface area contributed by atoms with Crippen LogP contribution < -0.4 is 26.8 Å². The molecular weight excluding hydrogens is 1060 g/mol. The van der Waals surface area contributed by atoms with Crippen molar-refractivity contribution in [2.24, 2.45) is 14.1 Å². The predicted molar refractivity (Wildman–Crippen MR) is 303 cm³/mol. The first-order valence-corrected chi connectivity index (χ1v) is 25.8. The van der Waals surface area contributed by atoms with E-state index in [0.717, 1.165) is 48.3 Å². The number of aryl methyl sites for hydroxylation is 2. The summed E-state index contributed by atoms with van der Waals surface area (Å²) in [6.07, 6.45) is 7.57. The van der Waals surface area contributed by atoms with Gasteiger partial charge in [0.15, 0.2) is 0 Å². The maximum absolute atomic E-state index is 13.7. The number of alkyl carbamates (subject to hydrolysis) is 2. The van der Waals surface area contributed by atoms with Gasteiger partial charge in [0, 0.05) is 59.2 Å². The number of aromatic nitrogens is 5. The van der Waals surface area contributed by atoms with Crippen molar-refractivity contribution in [2.45, 2.75) is 110 Å². The van der Waals surface area contributed by atoms with E-state index in [1.165, 1.54) is 0 Å². The summed E-state index contributed by atoms with van der Waals surface area (Å²) in [6.45, 7) is 18.4. The molecule has 4 amide bonds. The van der Waals surface area contributed by atoms with Gasteiger partial charge < -0.3 is 44.4 Å². The van der Waals surface area contributed by atoms with Crippen molar-refractivity contribution in [1.82, 2.24) is 34.3 Å². The van der Waals surface area contributed by atoms with Crippen LogP contribution in [0.25, 0.3) is 33.6 Å². The second-order valence-corrected chi connectivity index (χ2v) is 21.9. The zero-order valence-corrected chi connectivity index (χ0v) is 46.8. The number of ether oxygens (including phenoxy) is 2. The lowest BCUT2D eigenvalue weighted by Crippen LogP contribution is -2.48. The molecule has 0 radical (unpaired) electrons. The number of nitrogens with one attached hydrogen (secondary N) is 4. The van der Waals surface area contributed by atoms with Crippen LogP contribution in [-0.2, 0) is 33.2 Å². The molecule has 0 bridgehead atoms. The van der Waals surface area contributed by atoms with Gasteiger partial charge in [-0.15, -0.1) is 0 Å². The third kappa shape index (κ3) is 16.0. The van der Waals surface area contributed by atoms with Gasteiger partial charge in [0.2, 0.25) is 11.8 Å². The summed E-state index contributed by atoms with van der Waals surface area (Å²) < 4.78 is 17.5. The van der Waals surface area contributed by atoms with E-state index in [4.69, 9.17) is 9.47 Å². The number of carbonyl (C=O) groups excluding carboxylic acids is 4. The molecule has 4 aromatic carbocycles. The lowest BCUT2D eigenvalue weighted by molar-refractivity contribution is -0.119. The summed E-state index contributed by atoms with van der Waals surface area (Å²) in [4.78, 5) is 72.9. The number of hydrogen-bond donors (Lipinski definition) is 4. The molecule has 0 aliphatic heterocycles. The zero-order valence-electron chi connectivity index (χ0n) is 44.6. The maximum atomic E-state index is 13.7. The fraction of sp³-hybridized carbons (Fsp3) is 0.328. The molecule has 0 aliphatic rings. The van der Waals surface area contributed by atoms with Crippen LogP contribution in [0.2, 0.25) is 0 Å². The first-order chi connectivity index (χ1) is 35.3. The Balaban J connectivity index is 0.000000251. The Morgan fingerprint density at radius 2 is 0.987 bits per heavy atom. The highest BCUT2D eigenvalue weighted by molar-refractivity contribution is 14.1. The van der Waals surface area contributed by atoms with Crippen LogP contribution in [0, 0.1) is 3.57 Å². The van der Waals surface area contributed by atoms with Crippen molar-refractivity contribution >= 4 is 58.0 Å². The molecule has 0 fully saturated rings. The fourth-order valence-electron chi connectivity index (χ4n) is 8.12. The number of nitrogens with zero attached hydrogens (tertiary/aromatic N) is 5. The third-order valence-corrected chi connectivity index (χ3v) is 12.7. The van der Waals surface area contributed by atoms with Crippen LogP contribution in [0.5, 0.6) is 0 Å². The van der Waals surface area contributed by atoms with Crippen molar-refractivity contribution in [1.29, 1.82) is 0 Å². The molecular formula is C58H68IN9O7. The largest absolute Gasteiger partial charge is 0.444 e. The smallest absolute Gasteiger partial charge is 0.408 e. The number of halogens is 1. The van der Waals surface area contributed by atoms with Gasteiger partial charge in [-0.1, -0.05) is 74.5 Å². The van der Waals surface area contributed by atoms with E-state index < -0.39 is 41.4 Å². The molecule has 0 saturated carbocycles. The molecule has 75 heavy (non-hydrogen) atoms. The average Bonchev–Trinajstić information content (AvgIpc) is 3.99. The number of pyridine rings is 1. The van der Waals surface area contributed by atoms with Gasteiger partial charge in [0.05, 0.1) is 36.4 Å². The van der Waals surface area contributed by atoms with Crippen molar-refractivity contribution in [3.63, 3.8) is 0 Å². The first kappa shape index (κ1) is 56.8. The van der Waals surface area contributed by atoms with E-state index in [1.54, 1.807) is 83.3 Å². The number of rotatable bonds is 14. The normalized spacial score (nSPS) is 13.0. The zero-order chi connectivity index (χ0) is 54.8. The Hall–Kier alpha value is -7.54. The molecule has 4 N–H and O–H groups in total. The van der Waals surface area contributed by atoms with Gasteiger partial charge in [0.1, 0.15) is 23.3 Å². The predicted octanol–water partition coefficient (Wildman–Crippen LogP) is 11.5. The van der Waals surface area contributed by atoms with Crippen LogP contribution in [0.15, 0.2) is 145 Å². The second kappa shape index (κ2) is 24.7. The number of imidazole rings is 2. The summed E-state index contributed by atoms with van der Waals surface area (Å²) in [5, 5.41) is 11.4. The maximum Gasteiger partial charge on any atom is 0.408 e. The molecule has 4 atom stereocenters. The number of carbonyl (C=O) groups is 4. The Morgan fingerprint density at radius 3 is 1.39 bits per heavy atom. The van der Waals surface area contributed by atoms with Crippen LogP contribution in [0.3, 0.4) is 0 Å². The SMILES string of the molecule is CC(c1cccc(-c2ccc(=O)n(C(C)C)c2)c1)[C@H](NC(=O)OC(C)(C)C)C(=O)Nc1ccc(-c2cncn2C)cc1.CC(c1cccc(I)c1)[C@H](NC(=O)OC(C)(C)C)C(=O)Nc1ccc(-c2cncn2C)cc1. The monoisotopic (exact) mass is 1130 g/mol. The molecule has 0 saturated heterocycles. The quantitative estimate of drug-likeness (QED) is 0.0767. The summed E-state index contributed by atoms with van der Waals surface area (Å²) in [5.74, 6) is -1.39. The van der Waals surface area contributed by atoms with Crippen LogP contribution in [0.4, 0.5) is 21.0 Å². The number of amides is 4. The van der Waals surface area contributed by atoms with Crippen molar-refractivity contribution < 1.29 is 28.7 Å². The van der Waals surface area contributed by atoms with E-state index in [2.05, 4.69) is 53.8 Å². The fourth-order valence-corrected chi connectivity index (χ4v) is 8.68. The Morgan fingerprint density at radius 1 is 0.560 bits per heavy atom. The highest BCUT2D eigenvalue weighted by atomic mass is 127. The van der Waals surface area contributed by atoms with Crippen LogP contribution >= 0.6 is 22.6 Å². The summed E-state index contributed by atoms with van der Waals surface area (Å²) in [7, 11) is 3.85. The molecule has 3 aromatic heterocycles. The Labute approximate surface area is 452 Å². The van der Waals surface area contributed by atoms with E-state index in [9.17, 15) is 24.0 Å². The molecule has 0 spiro atoms. The van der Waals surface area contributed by atoms with E-state index in [1.807, 2.05) is 154 Å². The summed E-state index contributed by atoms with van der Waals surface area (Å²) in [5.41, 5.74) is 7.23. The molecule has 3 heterocycles. The number of benzene rings is 4. The molecule has 17 heteroatoms. The molecule has 7 aromatic rings. The van der Waals surface area contributed by atoms with Gasteiger partial charge in [0.25, 0.3) is 5.56 Å². The first-order valence-electron chi connectivity index (χ1n) is 24.7. The van der Waals surface area contributed by atoms with E-state index >= 15 is 0 Å². The number of anilines is 2.